The first-order valence-electron chi connectivity index (χ1n) is 2.32. The number of hydrogen-bond acceptors (Lipinski definition) is 2. The van der Waals surface area contributed by atoms with Crippen LogP contribution in [-0.2, 0) is 9.59 Å². The Hall–Kier alpha value is -0.920. The summed E-state index contributed by atoms with van der Waals surface area (Å²) in [6.45, 7) is 2.80. The summed E-state index contributed by atoms with van der Waals surface area (Å²) in [6.07, 6.45) is 2.50. The molecule has 2 heteroatoms. The topological polar surface area (TPSA) is 34.1 Å². The van der Waals surface area contributed by atoms with Crippen molar-refractivity contribution in [3.8, 4) is 0 Å². The zero-order valence-corrected chi connectivity index (χ0v) is 4.97. The van der Waals surface area contributed by atoms with E-state index >= 15 is 0 Å². The molecule has 0 aliphatic heterocycles. The number of allylic oxidation sites excluding steroid dienone is 2. The summed E-state index contributed by atoms with van der Waals surface area (Å²) in [6, 6.07) is 0. The third kappa shape index (κ3) is 15.7. The zero-order chi connectivity index (χ0) is 6.57. The average molecular weight is 144 g/mol. The summed E-state index contributed by atoms with van der Waals surface area (Å²) in [5, 5.41) is 0. The molecular formula is C8H16O2. The summed E-state index contributed by atoms with van der Waals surface area (Å²) in [4.78, 5) is 20.2. The van der Waals surface area contributed by atoms with E-state index in [2.05, 4.69) is 0 Å². The lowest BCUT2D eigenvalue weighted by molar-refractivity contribution is -0.114. The van der Waals surface area contributed by atoms with Gasteiger partial charge in [0.25, 0.3) is 0 Å². The summed E-state index contributed by atoms with van der Waals surface area (Å²) in [7, 11) is 0. The Morgan fingerprint density at radius 3 is 1.20 bits per heavy atom. The van der Waals surface area contributed by atoms with Crippen molar-refractivity contribution in [2.75, 3.05) is 0 Å². The van der Waals surface area contributed by atoms with Gasteiger partial charge in [0.1, 0.15) is 0 Å². The van der Waals surface area contributed by atoms with E-state index in [1.165, 1.54) is 26.0 Å². The van der Waals surface area contributed by atoms with Crippen LogP contribution in [0.5, 0.6) is 0 Å². The van der Waals surface area contributed by atoms with Crippen molar-refractivity contribution in [1.29, 1.82) is 0 Å². The lowest BCUT2D eigenvalue weighted by Gasteiger charge is -1.74. The molecule has 2 nitrogen and oxygen atoms in total. The maximum atomic E-state index is 10.1. The molecule has 0 atom stereocenters. The van der Waals surface area contributed by atoms with Gasteiger partial charge < -0.3 is 0 Å². The Balaban J connectivity index is -0.000000245. The van der Waals surface area contributed by atoms with Crippen molar-refractivity contribution >= 4 is 11.6 Å². The van der Waals surface area contributed by atoms with E-state index in [0.717, 1.165) is 0 Å². The summed E-state index contributed by atoms with van der Waals surface area (Å²) in [5.74, 6) is -0.194. The fourth-order valence-electron chi connectivity index (χ4n) is 0.235. The zero-order valence-electron chi connectivity index (χ0n) is 4.97. The highest BCUT2D eigenvalue weighted by Crippen LogP contribution is 1.75. The molecule has 0 bridgehead atoms. The molecule has 0 aliphatic carbocycles. The van der Waals surface area contributed by atoms with Crippen LogP contribution in [0, 0.1) is 0 Å². The molecule has 10 heavy (non-hydrogen) atoms. The number of carbonyl (C=O) groups is 2. The monoisotopic (exact) mass is 144 g/mol. The first-order valence-corrected chi connectivity index (χ1v) is 2.32. The maximum absolute atomic E-state index is 10.1. The predicted octanol–water partition coefficient (Wildman–Crippen LogP) is 1.99. The van der Waals surface area contributed by atoms with E-state index in [1.54, 1.807) is 0 Å². The number of hydrogen-bond donors (Lipinski definition) is 0. The molecule has 0 spiro atoms. The van der Waals surface area contributed by atoms with Gasteiger partial charge in [0.05, 0.1) is 0 Å². The lowest BCUT2D eigenvalue weighted by Crippen LogP contribution is -1.85. The molecule has 0 N–H and O–H groups in total. The Kier molecular flexibility index (Phi) is 13.0. The summed E-state index contributed by atoms with van der Waals surface area (Å²) >= 11 is 0. The van der Waals surface area contributed by atoms with Crippen molar-refractivity contribution < 1.29 is 9.59 Å². The number of rotatable bonds is 2. The molecule has 0 aromatic heterocycles. The van der Waals surface area contributed by atoms with Crippen LogP contribution in [0.3, 0.4) is 0 Å². The highest BCUT2D eigenvalue weighted by molar-refractivity contribution is 5.96. The largest absolute Gasteiger partial charge is 0.295 e. The fourth-order valence-corrected chi connectivity index (χ4v) is 0.235. The van der Waals surface area contributed by atoms with Gasteiger partial charge in [-0.25, -0.2) is 0 Å². The SMILES string of the molecule is C.C.CC(=O)/C=C\C(C)=O. The Morgan fingerprint density at radius 1 is 0.900 bits per heavy atom. The van der Waals surface area contributed by atoms with Gasteiger partial charge in [-0.05, 0) is 26.0 Å². The first-order chi connectivity index (χ1) is 3.63. The molecular weight excluding hydrogens is 128 g/mol. The van der Waals surface area contributed by atoms with Crippen LogP contribution in [0.25, 0.3) is 0 Å². The van der Waals surface area contributed by atoms with Gasteiger partial charge in [0.15, 0.2) is 11.6 Å². The highest BCUT2D eigenvalue weighted by atomic mass is 16.1. The van der Waals surface area contributed by atoms with Crippen molar-refractivity contribution in [2.24, 2.45) is 0 Å². The van der Waals surface area contributed by atoms with Crippen LogP contribution in [-0.4, -0.2) is 11.6 Å². The van der Waals surface area contributed by atoms with Gasteiger partial charge in [0.2, 0.25) is 0 Å². The smallest absolute Gasteiger partial charge is 0.152 e. The minimum atomic E-state index is -0.0970. The van der Waals surface area contributed by atoms with E-state index in [1.807, 2.05) is 0 Å². The molecule has 0 radical (unpaired) electrons. The molecule has 0 unspecified atom stereocenters. The van der Waals surface area contributed by atoms with Crippen molar-refractivity contribution in [3.05, 3.63) is 12.2 Å². The Bertz CT molecular complexity index is 118. The van der Waals surface area contributed by atoms with E-state index in [9.17, 15) is 9.59 Å². The molecule has 0 aromatic carbocycles. The lowest BCUT2D eigenvalue weighted by atomic mass is 10.3. The molecule has 0 rings (SSSR count). The van der Waals surface area contributed by atoms with Crippen LogP contribution in [0.15, 0.2) is 12.2 Å². The van der Waals surface area contributed by atoms with Gasteiger partial charge in [-0.1, -0.05) is 14.9 Å². The van der Waals surface area contributed by atoms with Gasteiger partial charge >= 0.3 is 0 Å². The average Bonchev–Trinajstić information content (AvgIpc) is 1.61. The van der Waals surface area contributed by atoms with Gasteiger partial charge in [0, 0.05) is 0 Å². The van der Waals surface area contributed by atoms with Crippen molar-refractivity contribution in [2.45, 2.75) is 28.7 Å². The molecule has 0 heterocycles. The predicted molar refractivity (Wildman–Crippen MR) is 44.0 cm³/mol. The van der Waals surface area contributed by atoms with E-state index in [-0.39, 0.29) is 26.4 Å². The summed E-state index contributed by atoms with van der Waals surface area (Å²) in [5.41, 5.74) is 0. The van der Waals surface area contributed by atoms with Crippen LogP contribution in [0.1, 0.15) is 28.7 Å². The first kappa shape index (κ1) is 16.0. The van der Waals surface area contributed by atoms with Gasteiger partial charge in [-0.3, -0.25) is 9.59 Å². The quantitative estimate of drug-likeness (QED) is 0.555. The molecule has 0 aromatic rings. The second-order valence-electron chi connectivity index (χ2n) is 1.55. The standard InChI is InChI=1S/C6H8O2.2CH4/c1-5(7)3-4-6(2)8;;/h3-4H,1-2H3;2*1H4/b4-3-;;. The Labute approximate surface area is 62.9 Å². The van der Waals surface area contributed by atoms with Crippen LogP contribution >= 0.6 is 0 Å². The van der Waals surface area contributed by atoms with Crippen LogP contribution < -0.4 is 0 Å². The molecule has 0 aliphatic rings. The van der Waals surface area contributed by atoms with Gasteiger partial charge in [-0.15, -0.1) is 0 Å². The molecule has 60 valence electrons. The molecule has 0 fully saturated rings. The molecule has 0 amide bonds. The third-order valence-electron chi connectivity index (χ3n) is 0.553. The number of carbonyl (C=O) groups excluding carboxylic acids is 2. The number of ketones is 2. The molecule has 0 saturated heterocycles. The minimum Gasteiger partial charge on any atom is -0.295 e. The highest BCUT2D eigenvalue weighted by Gasteiger charge is 1.83. The second kappa shape index (κ2) is 8.08. The van der Waals surface area contributed by atoms with E-state index < -0.39 is 0 Å². The molecule has 0 saturated carbocycles. The van der Waals surface area contributed by atoms with Crippen molar-refractivity contribution in [3.63, 3.8) is 0 Å². The van der Waals surface area contributed by atoms with Crippen LogP contribution in [0.4, 0.5) is 0 Å². The van der Waals surface area contributed by atoms with Gasteiger partial charge in [-0.2, -0.15) is 0 Å². The van der Waals surface area contributed by atoms with Crippen molar-refractivity contribution in [1.82, 2.24) is 0 Å². The normalized spacial score (nSPS) is 7.80. The Morgan fingerprint density at radius 2 is 1.10 bits per heavy atom. The van der Waals surface area contributed by atoms with E-state index in [0.29, 0.717) is 0 Å². The third-order valence-corrected chi connectivity index (χ3v) is 0.553. The minimum absolute atomic E-state index is 0. The summed E-state index contributed by atoms with van der Waals surface area (Å²) < 4.78 is 0. The van der Waals surface area contributed by atoms with Crippen LogP contribution in [0.2, 0.25) is 0 Å². The van der Waals surface area contributed by atoms with E-state index in [4.69, 9.17) is 0 Å². The fraction of sp³-hybridized carbons (Fsp3) is 0.500. The maximum Gasteiger partial charge on any atom is 0.152 e. The second-order valence-corrected chi connectivity index (χ2v) is 1.55.